The van der Waals surface area contributed by atoms with Crippen molar-refractivity contribution in [3.05, 3.63) is 17.3 Å². The summed E-state index contributed by atoms with van der Waals surface area (Å²) in [7, 11) is 6.33. The van der Waals surface area contributed by atoms with Gasteiger partial charge in [-0.2, -0.15) is 0 Å². The molecular weight excluding hydrogens is 270 g/mol. The van der Waals surface area contributed by atoms with E-state index in [-0.39, 0.29) is 0 Å². The van der Waals surface area contributed by atoms with Gasteiger partial charge in [0.2, 0.25) is 0 Å². The quantitative estimate of drug-likeness (QED) is 0.927. The van der Waals surface area contributed by atoms with E-state index in [1.807, 2.05) is 7.05 Å². The van der Waals surface area contributed by atoms with Gasteiger partial charge in [-0.05, 0) is 27.1 Å². The molecule has 0 spiro atoms. The molecule has 2 aromatic heterocycles. The van der Waals surface area contributed by atoms with E-state index in [9.17, 15) is 0 Å². The van der Waals surface area contributed by atoms with Gasteiger partial charge in [-0.15, -0.1) is 11.3 Å². The van der Waals surface area contributed by atoms with Crippen molar-refractivity contribution in [3.8, 4) is 0 Å². The minimum atomic E-state index is 0.608. The predicted molar refractivity (Wildman–Crippen MR) is 84.7 cm³/mol. The molecule has 2 unspecified atom stereocenters. The highest BCUT2D eigenvalue weighted by molar-refractivity contribution is 7.15. The summed E-state index contributed by atoms with van der Waals surface area (Å²) in [5, 5.41) is 5.37. The lowest BCUT2D eigenvalue weighted by Gasteiger charge is -2.22. The van der Waals surface area contributed by atoms with Crippen LogP contribution in [0.3, 0.4) is 0 Å². The van der Waals surface area contributed by atoms with Crippen molar-refractivity contribution in [1.82, 2.24) is 19.6 Å². The van der Waals surface area contributed by atoms with Gasteiger partial charge in [0, 0.05) is 37.3 Å². The van der Waals surface area contributed by atoms with Crippen LogP contribution in [-0.2, 0) is 6.54 Å². The highest BCUT2D eigenvalue weighted by atomic mass is 32.1. The lowest BCUT2D eigenvalue weighted by Crippen LogP contribution is -2.34. The molecule has 3 rings (SSSR count). The predicted octanol–water partition coefficient (Wildman–Crippen LogP) is 1.50. The Morgan fingerprint density at radius 3 is 2.90 bits per heavy atom. The zero-order chi connectivity index (χ0) is 14.3. The van der Waals surface area contributed by atoms with E-state index in [2.05, 4.69) is 52.1 Å². The van der Waals surface area contributed by atoms with Crippen LogP contribution in [0.25, 0.3) is 4.96 Å². The number of nitrogens with zero attached hydrogens (tertiary/aromatic N) is 4. The average Bonchev–Trinajstić information content (AvgIpc) is 3.05. The molecule has 5 nitrogen and oxygen atoms in total. The minimum absolute atomic E-state index is 0.608. The number of rotatable bonds is 4. The maximum atomic E-state index is 4.85. The highest BCUT2D eigenvalue weighted by Crippen LogP contribution is 2.30. The second kappa shape index (κ2) is 5.35. The van der Waals surface area contributed by atoms with Crippen LogP contribution in [0.15, 0.2) is 11.6 Å². The Labute approximate surface area is 124 Å². The molecule has 1 saturated heterocycles. The Bertz CT molecular complexity index is 587. The summed E-state index contributed by atoms with van der Waals surface area (Å²) >= 11 is 1.70. The molecule has 1 fully saturated rings. The molecule has 0 radical (unpaired) electrons. The number of hydrogen-bond donors (Lipinski definition) is 1. The van der Waals surface area contributed by atoms with Crippen molar-refractivity contribution in [3.63, 3.8) is 0 Å². The molecule has 20 heavy (non-hydrogen) atoms. The van der Waals surface area contributed by atoms with Crippen LogP contribution in [0, 0.1) is 5.92 Å². The van der Waals surface area contributed by atoms with Crippen LogP contribution in [0.2, 0.25) is 0 Å². The third-order valence-electron chi connectivity index (χ3n) is 4.22. The van der Waals surface area contributed by atoms with Crippen LogP contribution in [0.1, 0.15) is 12.6 Å². The van der Waals surface area contributed by atoms with E-state index in [1.165, 1.54) is 5.69 Å². The van der Waals surface area contributed by atoms with Gasteiger partial charge in [-0.3, -0.25) is 4.40 Å². The van der Waals surface area contributed by atoms with Gasteiger partial charge in [-0.1, -0.05) is 6.92 Å². The lowest BCUT2D eigenvalue weighted by molar-refractivity contribution is 0.266. The summed E-state index contributed by atoms with van der Waals surface area (Å²) in [4.78, 5) is 10.7. The molecular formula is C14H23N5S. The summed E-state index contributed by atoms with van der Waals surface area (Å²) in [5.41, 5.74) is 1.27. The van der Waals surface area contributed by atoms with E-state index in [1.54, 1.807) is 11.3 Å². The maximum Gasteiger partial charge on any atom is 0.195 e. The van der Waals surface area contributed by atoms with Crippen molar-refractivity contribution in [2.45, 2.75) is 19.5 Å². The van der Waals surface area contributed by atoms with Crippen molar-refractivity contribution < 1.29 is 0 Å². The largest absolute Gasteiger partial charge is 0.353 e. The van der Waals surface area contributed by atoms with Gasteiger partial charge >= 0.3 is 0 Å². The Morgan fingerprint density at radius 2 is 2.25 bits per heavy atom. The van der Waals surface area contributed by atoms with E-state index < -0.39 is 0 Å². The summed E-state index contributed by atoms with van der Waals surface area (Å²) in [6.07, 6.45) is 2.12. The van der Waals surface area contributed by atoms with Gasteiger partial charge in [0.15, 0.2) is 10.8 Å². The molecule has 2 atom stereocenters. The molecule has 0 bridgehead atoms. The maximum absolute atomic E-state index is 4.85. The third kappa shape index (κ3) is 2.21. The van der Waals surface area contributed by atoms with Gasteiger partial charge in [-0.25, -0.2) is 4.98 Å². The zero-order valence-corrected chi connectivity index (χ0v) is 13.4. The van der Waals surface area contributed by atoms with E-state index in [0.717, 1.165) is 30.4 Å². The topological polar surface area (TPSA) is 35.8 Å². The van der Waals surface area contributed by atoms with E-state index >= 15 is 0 Å². The number of aromatic nitrogens is 2. The van der Waals surface area contributed by atoms with Crippen LogP contribution < -0.4 is 10.2 Å². The third-order valence-corrected chi connectivity index (χ3v) is 4.98. The van der Waals surface area contributed by atoms with Crippen molar-refractivity contribution >= 4 is 22.1 Å². The zero-order valence-electron chi connectivity index (χ0n) is 12.6. The van der Waals surface area contributed by atoms with Crippen molar-refractivity contribution in [1.29, 1.82) is 0 Å². The first-order valence-corrected chi connectivity index (χ1v) is 8.00. The summed E-state index contributed by atoms with van der Waals surface area (Å²) in [6, 6.07) is 0.608. The highest BCUT2D eigenvalue weighted by Gasteiger charge is 2.33. The Hall–Kier alpha value is -1.11. The molecule has 1 aliphatic rings. The van der Waals surface area contributed by atoms with Gasteiger partial charge in [0.1, 0.15) is 0 Å². The molecule has 0 aromatic carbocycles. The first-order chi connectivity index (χ1) is 9.61. The first kappa shape index (κ1) is 13.9. The SMILES string of the molecule is CNCc1c(N2CC(C)C(N(C)C)C2)nc2sccn12. The number of anilines is 1. The average molecular weight is 293 g/mol. The fraction of sp³-hybridized carbons (Fsp3) is 0.643. The summed E-state index contributed by atoms with van der Waals surface area (Å²) in [5.74, 6) is 1.83. The molecule has 6 heteroatoms. The molecule has 3 heterocycles. The van der Waals surface area contributed by atoms with Crippen molar-refractivity contribution in [2.75, 3.05) is 39.1 Å². The number of imidazole rings is 1. The number of thiazole rings is 1. The summed E-state index contributed by atoms with van der Waals surface area (Å²) < 4.78 is 2.21. The Balaban J connectivity index is 1.94. The van der Waals surface area contributed by atoms with Crippen LogP contribution in [-0.4, -0.2) is 54.6 Å². The smallest absolute Gasteiger partial charge is 0.195 e. The fourth-order valence-corrected chi connectivity index (χ4v) is 3.93. The van der Waals surface area contributed by atoms with E-state index in [4.69, 9.17) is 4.98 Å². The van der Waals surface area contributed by atoms with Crippen LogP contribution >= 0.6 is 11.3 Å². The van der Waals surface area contributed by atoms with Crippen LogP contribution in [0.4, 0.5) is 5.82 Å². The minimum Gasteiger partial charge on any atom is -0.353 e. The van der Waals surface area contributed by atoms with Crippen molar-refractivity contribution in [2.24, 2.45) is 5.92 Å². The molecule has 1 N–H and O–H groups in total. The van der Waals surface area contributed by atoms with Crippen LogP contribution in [0.5, 0.6) is 0 Å². The molecule has 1 aliphatic heterocycles. The fourth-order valence-electron chi connectivity index (χ4n) is 3.20. The molecule has 0 saturated carbocycles. The van der Waals surface area contributed by atoms with Gasteiger partial charge in [0.05, 0.1) is 5.69 Å². The lowest BCUT2D eigenvalue weighted by atomic mass is 10.1. The Morgan fingerprint density at radius 1 is 1.45 bits per heavy atom. The number of hydrogen-bond acceptors (Lipinski definition) is 5. The number of nitrogens with one attached hydrogen (secondary N) is 1. The molecule has 0 amide bonds. The first-order valence-electron chi connectivity index (χ1n) is 7.12. The molecule has 0 aliphatic carbocycles. The molecule has 110 valence electrons. The van der Waals surface area contributed by atoms with E-state index in [0.29, 0.717) is 12.0 Å². The van der Waals surface area contributed by atoms with Gasteiger partial charge in [0.25, 0.3) is 0 Å². The molecule has 2 aromatic rings. The Kier molecular flexibility index (Phi) is 3.70. The normalized spacial score (nSPS) is 23.4. The number of fused-ring (bicyclic) bond motifs is 1. The summed E-state index contributed by atoms with van der Waals surface area (Å²) in [6.45, 7) is 5.34. The monoisotopic (exact) mass is 293 g/mol. The number of likely N-dealkylation sites (N-methyl/N-ethyl adjacent to an activating group) is 1. The van der Waals surface area contributed by atoms with Gasteiger partial charge < -0.3 is 15.1 Å². The second-order valence-electron chi connectivity index (χ2n) is 5.88. The standard InChI is InChI=1S/C14H23N5S/c1-10-8-18(9-12(10)17(3)4)13-11(7-15-2)19-5-6-20-14(19)16-13/h5-6,10,12,15H,7-9H2,1-4H3. The second-order valence-corrected chi connectivity index (χ2v) is 6.75.